The Bertz CT molecular complexity index is 778. The van der Waals surface area contributed by atoms with Crippen molar-refractivity contribution in [2.75, 3.05) is 0 Å². The molecule has 0 unspecified atom stereocenters. The molecule has 4 saturated carbocycles. The van der Waals surface area contributed by atoms with Crippen LogP contribution in [0.1, 0.15) is 86.0 Å². The minimum absolute atomic E-state index is 0.00600. The van der Waals surface area contributed by atoms with Crippen molar-refractivity contribution < 1.29 is 29.0 Å². The molecule has 0 radical (unpaired) electrons. The van der Waals surface area contributed by atoms with Crippen LogP contribution in [-0.2, 0) is 23.9 Å². The van der Waals surface area contributed by atoms with E-state index >= 15 is 0 Å². The number of ether oxygens (including phenoxy) is 2. The number of aliphatic hydroxyl groups is 1. The van der Waals surface area contributed by atoms with E-state index in [0.717, 1.165) is 38.5 Å². The van der Waals surface area contributed by atoms with Gasteiger partial charge in [-0.2, -0.15) is 0 Å². The number of fused-ring (bicyclic) bond motifs is 5. The monoisotopic (exact) mass is 434 g/mol. The van der Waals surface area contributed by atoms with Gasteiger partial charge in [-0.15, -0.1) is 0 Å². The SMILES string of the molecule is CC(=O)O[C@H]1CC[C@@]2(C)[C@@H](CC[C@H]3[C@@H]4[C@@H](OC(C)=O)C[C@H](C(C)=O)[C@@]4(C)CC[C@@]32O)C1. The van der Waals surface area contributed by atoms with Gasteiger partial charge in [-0.05, 0) is 81.0 Å². The molecule has 174 valence electrons. The summed E-state index contributed by atoms with van der Waals surface area (Å²) in [5, 5.41) is 12.3. The van der Waals surface area contributed by atoms with Gasteiger partial charge < -0.3 is 14.6 Å². The lowest BCUT2D eigenvalue weighted by molar-refractivity contribution is -0.249. The van der Waals surface area contributed by atoms with Crippen LogP contribution in [0.4, 0.5) is 0 Å². The molecule has 0 aliphatic heterocycles. The predicted molar refractivity (Wildman–Crippen MR) is 114 cm³/mol. The third-order valence-electron chi connectivity index (χ3n) is 9.91. The van der Waals surface area contributed by atoms with Gasteiger partial charge in [0.05, 0.1) is 5.60 Å². The molecule has 0 heterocycles. The van der Waals surface area contributed by atoms with Gasteiger partial charge in [0.15, 0.2) is 0 Å². The summed E-state index contributed by atoms with van der Waals surface area (Å²) in [6, 6.07) is 0. The van der Waals surface area contributed by atoms with Crippen LogP contribution in [0, 0.1) is 34.5 Å². The number of carbonyl (C=O) groups is 3. The van der Waals surface area contributed by atoms with E-state index in [1.165, 1.54) is 13.8 Å². The molecule has 6 nitrogen and oxygen atoms in total. The number of ketones is 1. The van der Waals surface area contributed by atoms with Crippen LogP contribution >= 0.6 is 0 Å². The summed E-state index contributed by atoms with van der Waals surface area (Å²) in [4.78, 5) is 35.9. The molecule has 4 aliphatic rings. The second-order valence-electron chi connectivity index (χ2n) is 11.3. The van der Waals surface area contributed by atoms with Crippen molar-refractivity contribution in [1.29, 1.82) is 0 Å². The van der Waals surface area contributed by atoms with Gasteiger partial charge in [-0.3, -0.25) is 14.4 Å². The van der Waals surface area contributed by atoms with E-state index in [1.54, 1.807) is 6.92 Å². The second kappa shape index (κ2) is 7.57. The maximum atomic E-state index is 12.5. The Labute approximate surface area is 185 Å². The van der Waals surface area contributed by atoms with Gasteiger partial charge in [-0.1, -0.05) is 13.8 Å². The first-order valence-corrected chi connectivity index (χ1v) is 12.0. The molecule has 6 heteroatoms. The Morgan fingerprint density at radius 3 is 2.16 bits per heavy atom. The van der Waals surface area contributed by atoms with Gasteiger partial charge in [0.25, 0.3) is 0 Å². The lowest BCUT2D eigenvalue weighted by Gasteiger charge is -2.65. The minimum atomic E-state index is -0.856. The molecule has 0 aromatic carbocycles. The van der Waals surface area contributed by atoms with Crippen molar-refractivity contribution in [3.05, 3.63) is 0 Å². The van der Waals surface area contributed by atoms with E-state index in [1.807, 2.05) is 0 Å². The van der Waals surface area contributed by atoms with Crippen LogP contribution in [0.15, 0.2) is 0 Å². The molecule has 0 amide bonds. The van der Waals surface area contributed by atoms with Crippen molar-refractivity contribution in [2.24, 2.45) is 34.5 Å². The largest absolute Gasteiger partial charge is 0.463 e. The summed E-state index contributed by atoms with van der Waals surface area (Å²) >= 11 is 0. The maximum absolute atomic E-state index is 12.5. The predicted octanol–water partition coefficient (Wildman–Crippen LogP) is 3.82. The molecule has 4 rings (SSSR count). The van der Waals surface area contributed by atoms with E-state index in [2.05, 4.69) is 13.8 Å². The lowest BCUT2D eigenvalue weighted by Crippen LogP contribution is -2.66. The number of hydrogen-bond donors (Lipinski definition) is 1. The average molecular weight is 435 g/mol. The molecule has 4 aliphatic carbocycles. The highest BCUT2D eigenvalue weighted by Crippen LogP contribution is 2.69. The first-order valence-electron chi connectivity index (χ1n) is 12.0. The van der Waals surface area contributed by atoms with Crippen LogP contribution in [0.2, 0.25) is 0 Å². The van der Waals surface area contributed by atoms with Crippen LogP contribution in [0.5, 0.6) is 0 Å². The number of Topliss-reactive ketones (excluding diaryl/α,β-unsaturated/α-hetero) is 1. The minimum Gasteiger partial charge on any atom is -0.463 e. The quantitative estimate of drug-likeness (QED) is 0.679. The zero-order valence-electron chi connectivity index (χ0n) is 19.6. The summed E-state index contributed by atoms with van der Waals surface area (Å²) < 4.78 is 11.3. The Morgan fingerprint density at radius 1 is 0.871 bits per heavy atom. The van der Waals surface area contributed by atoms with Crippen LogP contribution in [-0.4, -0.2) is 40.6 Å². The molecular formula is C25H38O6. The summed E-state index contributed by atoms with van der Waals surface area (Å²) in [6.07, 6.45) is 5.84. The summed E-state index contributed by atoms with van der Waals surface area (Å²) in [5.74, 6) is -0.216. The molecule has 0 saturated heterocycles. The van der Waals surface area contributed by atoms with E-state index in [4.69, 9.17) is 9.47 Å². The average Bonchev–Trinajstić information content (AvgIpc) is 2.95. The number of esters is 2. The lowest BCUT2D eigenvalue weighted by atomic mass is 9.42. The summed E-state index contributed by atoms with van der Waals surface area (Å²) in [6.45, 7) is 8.94. The van der Waals surface area contributed by atoms with Crippen molar-refractivity contribution in [2.45, 2.75) is 104 Å². The molecule has 4 fully saturated rings. The number of hydrogen-bond acceptors (Lipinski definition) is 6. The van der Waals surface area contributed by atoms with E-state index in [9.17, 15) is 19.5 Å². The molecule has 0 spiro atoms. The highest BCUT2D eigenvalue weighted by molar-refractivity contribution is 5.80. The number of carbonyl (C=O) groups excluding carboxylic acids is 3. The topological polar surface area (TPSA) is 89.9 Å². The Hall–Kier alpha value is -1.43. The smallest absolute Gasteiger partial charge is 0.302 e. The van der Waals surface area contributed by atoms with Gasteiger partial charge in [0.1, 0.15) is 18.0 Å². The molecule has 0 bridgehead atoms. The maximum Gasteiger partial charge on any atom is 0.302 e. The zero-order chi connectivity index (χ0) is 22.8. The standard InChI is InChI=1S/C25H38O6/c1-14(26)20-13-21(31-16(3)28)22-19-7-6-17-12-18(30-15(2)27)8-9-24(17,5)25(19,29)11-10-23(20,22)4/h17-22,29H,6-13H2,1-5H3/t17-,18-,19-,20+,21-,22+,23+,24-,25+/m0/s1. The first-order chi connectivity index (χ1) is 14.4. The second-order valence-corrected chi connectivity index (χ2v) is 11.3. The van der Waals surface area contributed by atoms with Gasteiger partial charge in [0, 0.05) is 25.7 Å². The highest BCUT2D eigenvalue weighted by atomic mass is 16.5. The van der Waals surface area contributed by atoms with E-state index in [0.29, 0.717) is 18.8 Å². The molecule has 31 heavy (non-hydrogen) atoms. The van der Waals surface area contributed by atoms with Crippen molar-refractivity contribution in [3.8, 4) is 0 Å². The molecule has 1 N–H and O–H groups in total. The normalized spacial score (nSPS) is 48.7. The zero-order valence-corrected chi connectivity index (χ0v) is 19.6. The molecular weight excluding hydrogens is 396 g/mol. The van der Waals surface area contributed by atoms with E-state index in [-0.39, 0.29) is 58.5 Å². The van der Waals surface area contributed by atoms with Gasteiger partial charge in [-0.25, -0.2) is 0 Å². The van der Waals surface area contributed by atoms with Gasteiger partial charge >= 0.3 is 11.9 Å². The Morgan fingerprint density at radius 2 is 1.55 bits per heavy atom. The fourth-order valence-corrected chi connectivity index (χ4v) is 8.49. The van der Waals surface area contributed by atoms with Crippen LogP contribution in [0.3, 0.4) is 0 Å². The molecule has 9 atom stereocenters. The van der Waals surface area contributed by atoms with Crippen molar-refractivity contribution >= 4 is 17.7 Å². The van der Waals surface area contributed by atoms with Gasteiger partial charge in [0.2, 0.25) is 0 Å². The van der Waals surface area contributed by atoms with E-state index < -0.39 is 5.60 Å². The Kier molecular flexibility index (Phi) is 5.55. The molecule has 0 aromatic rings. The Balaban J connectivity index is 1.67. The highest BCUT2D eigenvalue weighted by Gasteiger charge is 2.70. The number of rotatable bonds is 3. The van der Waals surface area contributed by atoms with Crippen molar-refractivity contribution in [3.63, 3.8) is 0 Å². The van der Waals surface area contributed by atoms with Crippen LogP contribution in [0.25, 0.3) is 0 Å². The third-order valence-corrected chi connectivity index (χ3v) is 9.91. The third kappa shape index (κ3) is 3.35. The van der Waals surface area contributed by atoms with Crippen molar-refractivity contribution in [1.82, 2.24) is 0 Å². The summed E-state index contributed by atoms with van der Waals surface area (Å²) in [5.41, 5.74) is -1.37. The fraction of sp³-hybridized carbons (Fsp3) is 0.880. The van der Waals surface area contributed by atoms with Crippen LogP contribution < -0.4 is 0 Å². The fourth-order valence-electron chi connectivity index (χ4n) is 8.49. The first kappa shape index (κ1) is 22.8. The summed E-state index contributed by atoms with van der Waals surface area (Å²) in [7, 11) is 0. The molecule has 0 aromatic heterocycles.